The van der Waals surface area contributed by atoms with Crippen molar-refractivity contribution < 1.29 is 4.79 Å². The molecule has 1 aromatic rings. The van der Waals surface area contributed by atoms with Crippen LogP contribution >= 0.6 is 34.2 Å². The van der Waals surface area contributed by atoms with Gasteiger partial charge in [-0.2, -0.15) is 0 Å². The van der Waals surface area contributed by atoms with E-state index in [1.165, 1.54) is 0 Å². The Bertz CT molecular complexity index is 398. The van der Waals surface area contributed by atoms with Gasteiger partial charge in [0.2, 0.25) is 5.91 Å². The average molecular weight is 367 g/mol. The minimum absolute atomic E-state index is 0.0189. The molecule has 3 nitrogen and oxygen atoms in total. The van der Waals surface area contributed by atoms with Crippen LogP contribution in [0.25, 0.3) is 0 Å². The molecule has 0 heterocycles. The molecule has 0 aliphatic rings. The van der Waals surface area contributed by atoms with Gasteiger partial charge in [-0.3, -0.25) is 4.79 Å². The highest BCUT2D eigenvalue weighted by Crippen LogP contribution is 2.23. The lowest BCUT2D eigenvalue weighted by molar-refractivity contribution is -0.119. The van der Waals surface area contributed by atoms with Gasteiger partial charge in [0.05, 0.1) is 11.6 Å². The van der Waals surface area contributed by atoms with E-state index in [4.69, 9.17) is 17.3 Å². The van der Waals surface area contributed by atoms with Gasteiger partial charge in [-0.1, -0.05) is 24.9 Å². The molecular weight excluding hydrogens is 351 g/mol. The highest BCUT2D eigenvalue weighted by atomic mass is 127. The Balaban J connectivity index is 2.73. The summed E-state index contributed by atoms with van der Waals surface area (Å²) in [5, 5.41) is 3.55. The van der Waals surface area contributed by atoms with Crippen LogP contribution in [0.1, 0.15) is 19.8 Å². The highest BCUT2D eigenvalue weighted by molar-refractivity contribution is 14.1. The third kappa shape index (κ3) is 4.44. The number of rotatable bonds is 5. The molecule has 1 aromatic carbocycles. The number of halogens is 2. The summed E-state index contributed by atoms with van der Waals surface area (Å²) in [5.74, 6) is -0.138. The van der Waals surface area contributed by atoms with E-state index < -0.39 is 0 Å². The third-order valence-corrected chi connectivity index (χ3v) is 3.61. The molecule has 0 aliphatic heterocycles. The second-order valence-electron chi connectivity index (χ2n) is 3.83. The number of amides is 1. The molecule has 0 spiro atoms. The molecule has 94 valence electrons. The van der Waals surface area contributed by atoms with Crippen molar-refractivity contribution in [3.63, 3.8) is 0 Å². The van der Waals surface area contributed by atoms with E-state index in [0.29, 0.717) is 11.6 Å². The molecule has 1 unspecified atom stereocenters. The van der Waals surface area contributed by atoms with Crippen LogP contribution in [0.3, 0.4) is 0 Å². The first-order valence-electron chi connectivity index (χ1n) is 5.54. The van der Waals surface area contributed by atoms with E-state index >= 15 is 0 Å². The predicted octanol–water partition coefficient (Wildman–Crippen LogP) is 3.26. The maximum atomic E-state index is 11.9. The molecule has 0 aliphatic carbocycles. The average Bonchev–Trinajstić information content (AvgIpc) is 2.29. The van der Waals surface area contributed by atoms with Gasteiger partial charge in [-0.15, -0.1) is 0 Å². The minimum Gasteiger partial charge on any atom is -0.330 e. The van der Waals surface area contributed by atoms with E-state index in [1.54, 1.807) is 6.07 Å². The molecule has 0 bridgehead atoms. The van der Waals surface area contributed by atoms with Gasteiger partial charge >= 0.3 is 0 Å². The Hall–Kier alpha value is -0.330. The molecule has 1 atom stereocenters. The SMILES string of the molecule is CCCC(CN)C(=O)Nc1ccc(Cl)cc1I. The monoisotopic (exact) mass is 366 g/mol. The summed E-state index contributed by atoms with van der Waals surface area (Å²) in [4.78, 5) is 11.9. The van der Waals surface area contributed by atoms with Gasteiger partial charge < -0.3 is 11.1 Å². The van der Waals surface area contributed by atoms with Crippen LogP contribution in [0.4, 0.5) is 5.69 Å². The van der Waals surface area contributed by atoms with Crippen molar-refractivity contribution in [2.24, 2.45) is 11.7 Å². The first-order chi connectivity index (χ1) is 8.08. The van der Waals surface area contributed by atoms with Crippen molar-refractivity contribution in [2.75, 3.05) is 11.9 Å². The second kappa shape index (κ2) is 7.18. The summed E-state index contributed by atoms with van der Waals surface area (Å²) in [5.41, 5.74) is 6.38. The molecule has 0 saturated heterocycles. The summed E-state index contributed by atoms with van der Waals surface area (Å²) in [6, 6.07) is 5.38. The Labute approximate surface area is 120 Å². The Morgan fingerprint density at radius 3 is 2.82 bits per heavy atom. The van der Waals surface area contributed by atoms with Crippen molar-refractivity contribution in [2.45, 2.75) is 19.8 Å². The Kier molecular flexibility index (Phi) is 6.22. The molecule has 0 aromatic heterocycles. The summed E-state index contributed by atoms with van der Waals surface area (Å²) in [7, 11) is 0. The summed E-state index contributed by atoms with van der Waals surface area (Å²) >= 11 is 8.00. The molecule has 0 saturated carbocycles. The van der Waals surface area contributed by atoms with Crippen LogP contribution in [-0.4, -0.2) is 12.5 Å². The van der Waals surface area contributed by atoms with Gasteiger partial charge in [0, 0.05) is 15.1 Å². The fourth-order valence-corrected chi connectivity index (χ4v) is 2.54. The zero-order valence-electron chi connectivity index (χ0n) is 9.67. The van der Waals surface area contributed by atoms with Crippen LogP contribution in [0.15, 0.2) is 18.2 Å². The van der Waals surface area contributed by atoms with Crippen LogP contribution in [0.5, 0.6) is 0 Å². The van der Waals surface area contributed by atoms with E-state index in [2.05, 4.69) is 27.9 Å². The fraction of sp³-hybridized carbons (Fsp3) is 0.417. The van der Waals surface area contributed by atoms with E-state index in [0.717, 1.165) is 22.1 Å². The largest absolute Gasteiger partial charge is 0.330 e. The normalized spacial score (nSPS) is 12.2. The molecule has 0 fully saturated rings. The van der Waals surface area contributed by atoms with Gasteiger partial charge in [0.1, 0.15) is 0 Å². The smallest absolute Gasteiger partial charge is 0.228 e. The van der Waals surface area contributed by atoms with Crippen molar-refractivity contribution >= 4 is 45.8 Å². The lowest BCUT2D eigenvalue weighted by atomic mass is 10.0. The lowest BCUT2D eigenvalue weighted by Gasteiger charge is -2.14. The van der Waals surface area contributed by atoms with Crippen molar-refractivity contribution in [1.82, 2.24) is 0 Å². The number of hydrogen-bond acceptors (Lipinski definition) is 2. The van der Waals surface area contributed by atoms with E-state index in [1.807, 2.05) is 19.1 Å². The quantitative estimate of drug-likeness (QED) is 0.786. The zero-order chi connectivity index (χ0) is 12.8. The number of nitrogens with two attached hydrogens (primary N) is 1. The summed E-state index contributed by atoms with van der Waals surface area (Å²) in [6.45, 7) is 2.42. The lowest BCUT2D eigenvalue weighted by Crippen LogP contribution is -2.29. The zero-order valence-corrected chi connectivity index (χ0v) is 12.6. The van der Waals surface area contributed by atoms with Gasteiger partial charge in [0.25, 0.3) is 0 Å². The Morgan fingerprint density at radius 1 is 1.59 bits per heavy atom. The number of nitrogens with one attached hydrogen (secondary N) is 1. The van der Waals surface area contributed by atoms with Crippen LogP contribution in [0.2, 0.25) is 5.02 Å². The topological polar surface area (TPSA) is 55.1 Å². The van der Waals surface area contributed by atoms with Gasteiger partial charge in [0.15, 0.2) is 0 Å². The molecule has 0 radical (unpaired) electrons. The maximum Gasteiger partial charge on any atom is 0.228 e. The first kappa shape index (κ1) is 14.7. The Morgan fingerprint density at radius 2 is 2.29 bits per heavy atom. The maximum absolute atomic E-state index is 11.9. The summed E-state index contributed by atoms with van der Waals surface area (Å²) < 4.78 is 0.927. The fourth-order valence-electron chi connectivity index (χ4n) is 1.53. The molecule has 1 amide bonds. The molecule has 17 heavy (non-hydrogen) atoms. The van der Waals surface area contributed by atoms with Crippen LogP contribution in [-0.2, 0) is 4.79 Å². The number of anilines is 1. The number of hydrogen-bond donors (Lipinski definition) is 2. The third-order valence-electron chi connectivity index (χ3n) is 2.48. The van der Waals surface area contributed by atoms with Crippen LogP contribution < -0.4 is 11.1 Å². The van der Waals surface area contributed by atoms with Gasteiger partial charge in [-0.05, 0) is 47.2 Å². The first-order valence-corrected chi connectivity index (χ1v) is 7.00. The van der Waals surface area contributed by atoms with E-state index in [-0.39, 0.29) is 11.8 Å². The van der Waals surface area contributed by atoms with Crippen molar-refractivity contribution in [1.29, 1.82) is 0 Å². The standard InChI is InChI=1S/C12H16ClIN2O/c1-2-3-8(7-15)12(17)16-11-5-4-9(13)6-10(11)14/h4-6,8H,2-3,7,15H2,1H3,(H,16,17). The number of carbonyl (C=O) groups excluding carboxylic acids is 1. The van der Waals surface area contributed by atoms with Crippen molar-refractivity contribution in [3.8, 4) is 0 Å². The molecule has 5 heteroatoms. The molecule has 3 N–H and O–H groups in total. The molecular formula is C12H16ClIN2O. The van der Waals surface area contributed by atoms with Crippen molar-refractivity contribution in [3.05, 3.63) is 26.8 Å². The van der Waals surface area contributed by atoms with Gasteiger partial charge in [-0.25, -0.2) is 0 Å². The highest BCUT2D eigenvalue weighted by Gasteiger charge is 2.16. The number of carbonyl (C=O) groups is 1. The molecule has 1 rings (SSSR count). The van der Waals surface area contributed by atoms with Crippen LogP contribution in [0, 0.1) is 9.49 Å². The second-order valence-corrected chi connectivity index (χ2v) is 5.43. The minimum atomic E-state index is -0.119. The predicted molar refractivity (Wildman–Crippen MR) is 80.3 cm³/mol. The number of benzene rings is 1. The summed E-state index contributed by atoms with van der Waals surface area (Å²) in [6.07, 6.45) is 1.76. The van der Waals surface area contributed by atoms with E-state index in [9.17, 15) is 4.79 Å².